The van der Waals surface area contributed by atoms with Gasteiger partial charge in [-0.05, 0) is 57.2 Å². The fourth-order valence-electron chi connectivity index (χ4n) is 3.81. The van der Waals surface area contributed by atoms with Crippen LogP contribution in [0, 0.1) is 0 Å². The molecule has 222 valence electrons. The second kappa shape index (κ2) is 14.4. The van der Waals surface area contributed by atoms with Crippen LogP contribution in [0.4, 0.5) is 4.39 Å². The maximum absolute atomic E-state index is 13.9. The predicted molar refractivity (Wildman–Crippen MR) is 144 cm³/mol. The summed E-state index contributed by atoms with van der Waals surface area (Å²) in [6.45, 7) is 2.76. The summed E-state index contributed by atoms with van der Waals surface area (Å²) >= 11 is 5.84. The lowest BCUT2D eigenvalue weighted by atomic mass is 9.80. The van der Waals surface area contributed by atoms with Crippen molar-refractivity contribution in [1.82, 2.24) is 14.6 Å². The molecule has 0 amide bonds. The highest BCUT2D eigenvalue weighted by molar-refractivity contribution is 7.52. The Balaban J connectivity index is 1.81. The normalized spacial score (nSPS) is 18.3. The summed E-state index contributed by atoms with van der Waals surface area (Å²) in [5.41, 5.74) is -2.46. The van der Waals surface area contributed by atoms with Gasteiger partial charge in [0.05, 0.1) is 12.7 Å². The first-order chi connectivity index (χ1) is 18.9. The van der Waals surface area contributed by atoms with E-state index in [1.165, 1.54) is 6.92 Å². The molecule has 12 nitrogen and oxygen atoms in total. The molecule has 0 spiro atoms. The molecular formula is C25H34ClFN3O9P. The fourth-order valence-corrected chi connectivity index (χ4v) is 5.43. The summed E-state index contributed by atoms with van der Waals surface area (Å²) in [7, 11) is -4.38. The maximum Gasteiger partial charge on any atom is 0.459 e. The van der Waals surface area contributed by atoms with Crippen LogP contribution in [0.3, 0.4) is 0 Å². The average molecular weight is 606 g/mol. The number of aliphatic hydroxyl groups is 1. The van der Waals surface area contributed by atoms with Gasteiger partial charge in [-0.3, -0.25) is 23.7 Å². The van der Waals surface area contributed by atoms with Crippen molar-refractivity contribution < 1.29 is 37.4 Å². The van der Waals surface area contributed by atoms with E-state index in [9.17, 15) is 28.4 Å². The molecule has 1 aliphatic rings. The minimum absolute atomic E-state index is 0.204. The number of aromatic amines is 1. The topological polar surface area (TPSA) is 158 Å². The Labute approximate surface area is 235 Å². The summed E-state index contributed by atoms with van der Waals surface area (Å²) in [5, 5.41) is 12.6. The van der Waals surface area contributed by atoms with Gasteiger partial charge in [-0.25, -0.2) is 13.8 Å². The van der Waals surface area contributed by atoms with Crippen LogP contribution in [0.25, 0.3) is 0 Å². The van der Waals surface area contributed by atoms with E-state index in [1.54, 1.807) is 32.0 Å². The van der Waals surface area contributed by atoms with Gasteiger partial charge in [-0.2, -0.15) is 5.09 Å². The van der Waals surface area contributed by atoms with E-state index in [0.717, 1.165) is 41.7 Å². The highest BCUT2D eigenvalue weighted by atomic mass is 35.5. The molecule has 15 heteroatoms. The van der Waals surface area contributed by atoms with Crippen molar-refractivity contribution in [1.29, 1.82) is 0 Å². The van der Waals surface area contributed by atoms with Crippen molar-refractivity contribution in [3.63, 3.8) is 0 Å². The Hall–Kier alpha value is -2.54. The molecule has 1 heterocycles. The molecule has 40 heavy (non-hydrogen) atoms. The van der Waals surface area contributed by atoms with Gasteiger partial charge < -0.3 is 19.1 Å². The van der Waals surface area contributed by atoms with Crippen LogP contribution in [0.2, 0.25) is 0 Å². The lowest BCUT2D eigenvalue weighted by Gasteiger charge is -2.29. The van der Waals surface area contributed by atoms with Crippen LogP contribution in [-0.2, 0) is 23.4 Å². The van der Waals surface area contributed by atoms with E-state index in [4.69, 9.17) is 30.1 Å². The van der Waals surface area contributed by atoms with Gasteiger partial charge in [0.1, 0.15) is 24.6 Å². The molecule has 1 aromatic heterocycles. The summed E-state index contributed by atoms with van der Waals surface area (Å²) in [6.07, 6.45) is 0.593. The van der Waals surface area contributed by atoms with Crippen LogP contribution >= 0.6 is 19.3 Å². The smallest absolute Gasteiger partial charge is 0.459 e. The number of hydrogen-bond donors (Lipinski definition) is 3. The minimum Gasteiger partial charge on any atom is -0.462 e. The summed E-state index contributed by atoms with van der Waals surface area (Å²) in [6, 6.07) is 6.82. The molecule has 1 aliphatic carbocycles. The molecule has 3 rings (SSSR count). The third-order valence-electron chi connectivity index (χ3n) is 6.06. The molecule has 5 atom stereocenters. The largest absolute Gasteiger partial charge is 0.462 e. The minimum atomic E-state index is -4.38. The Morgan fingerprint density at radius 2 is 2.00 bits per heavy atom. The number of nitrogens with zero attached hydrogens (tertiary/aromatic N) is 1. The molecule has 0 bridgehead atoms. The van der Waals surface area contributed by atoms with Gasteiger partial charge in [-0.15, -0.1) is 0 Å². The standard InChI is InChI=1S/C25H34ClFN3O9P/c1-15(2)37-24(33)16(3)29-40(35,39-19-9-5-8-18(12-19)17-6-4-7-17)36-14-20(23(26)32)38-22(13-27)30-11-10-21(31)28-25(30)34/h5,8-12,15-17,20,22-23,32H,4,6-7,13-14H2,1-3H3,(H,29,35)(H,28,31,34)/t16-,20+,22+,23+,40?/m0/s1. The second-order valence-corrected chi connectivity index (χ2v) is 11.7. The fraction of sp³-hybridized carbons (Fsp3) is 0.560. The van der Waals surface area contributed by atoms with Crippen LogP contribution < -0.4 is 20.9 Å². The number of alkyl halides is 2. The first-order valence-electron chi connectivity index (χ1n) is 12.8. The Morgan fingerprint density at radius 1 is 1.27 bits per heavy atom. The van der Waals surface area contributed by atoms with E-state index in [1.807, 2.05) is 11.1 Å². The van der Waals surface area contributed by atoms with Crippen molar-refractivity contribution in [3.8, 4) is 5.75 Å². The lowest BCUT2D eigenvalue weighted by molar-refractivity contribution is -0.149. The van der Waals surface area contributed by atoms with Gasteiger partial charge >= 0.3 is 19.4 Å². The van der Waals surface area contributed by atoms with Gasteiger partial charge in [0.15, 0.2) is 11.8 Å². The third-order valence-corrected chi connectivity index (χ3v) is 7.98. The number of ether oxygens (including phenoxy) is 2. The molecule has 0 aliphatic heterocycles. The highest BCUT2D eigenvalue weighted by Gasteiger charge is 2.35. The molecule has 0 radical (unpaired) electrons. The zero-order valence-electron chi connectivity index (χ0n) is 22.3. The monoisotopic (exact) mass is 605 g/mol. The van der Waals surface area contributed by atoms with Crippen molar-refractivity contribution in [2.45, 2.75) is 76.0 Å². The van der Waals surface area contributed by atoms with E-state index in [-0.39, 0.29) is 5.75 Å². The Bertz CT molecular complexity index is 1300. The number of benzene rings is 1. The summed E-state index contributed by atoms with van der Waals surface area (Å²) in [5.74, 6) is -0.157. The number of H-pyrrole nitrogens is 1. The average Bonchev–Trinajstić information content (AvgIpc) is 2.83. The number of halogens is 2. The molecule has 3 N–H and O–H groups in total. The summed E-state index contributed by atoms with van der Waals surface area (Å²) < 4.78 is 50.3. The first-order valence-corrected chi connectivity index (χ1v) is 14.8. The molecule has 1 unspecified atom stereocenters. The number of aliphatic hydroxyl groups excluding tert-OH is 1. The van der Waals surface area contributed by atoms with Crippen LogP contribution in [0.15, 0.2) is 46.1 Å². The number of nitrogens with one attached hydrogen (secondary N) is 2. The predicted octanol–water partition coefficient (Wildman–Crippen LogP) is 3.35. The highest BCUT2D eigenvalue weighted by Crippen LogP contribution is 2.46. The van der Waals surface area contributed by atoms with Gasteiger partial charge in [0, 0.05) is 12.3 Å². The molecular weight excluding hydrogens is 572 g/mol. The van der Waals surface area contributed by atoms with Gasteiger partial charge in [0.25, 0.3) is 5.56 Å². The van der Waals surface area contributed by atoms with E-state index < -0.39 is 68.3 Å². The second-order valence-electron chi connectivity index (χ2n) is 9.59. The van der Waals surface area contributed by atoms with Crippen LogP contribution in [0.5, 0.6) is 5.75 Å². The lowest BCUT2D eigenvalue weighted by Crippen LogP contribution is -2.40. The van der Waals surface area contributed by atoms with Crippen molar-refractivity contribution in [2.24, 2.45) is 0 Å². The molecule has 1 saturated carbocycles. The van der Waals surface area contributed by atoms with Crippen molar-refractivity contribution in [2.75, 3.05) is 13.3 Å². The van der Waals surface area contributed by atoms with E-state index in [0.29, 0.717) is 5.92 Å². The first kappa shape index (κ1) is 32.0. The number of aromatic nitrogens is 2. The van der Waals surface area contributed by atoms with E-state index >= 15 is 0 Å². The zero-order valence-corrected chi connectivity index (χ0v) is 24.0. The number of rotatable bonds is 15. The van der Waals surface area contributed by atoms with Crippen LogP contribution in [-0.4, -0.2) is 57.7 Å². The molecule has 1 fully saturated rings. The molecule has 1 aromatic carbocycles. The van der Waals surface area contributed by atoms with Gasteiger partial charge in [-0.1, -0.05) is 30.2 Å². The Kier molecular flexibility index (Phi) is 11.5. The molecule has 2 aromatic rings. The number of carbonyl (C=O) groups is 1. The van der Waals surface area contributed by atoms with Gasteiger partial charge in [0.2, 0.25) is 0 Å². The summed E-state index contributed by atoms with van der Waals surface area (Å²) in [4.78, 5) is 37.8. The third kappa shape index (κ3) is 8.98. The number of esters is 1. The van der Waals surface area contributed by atoms with Crippen molar-refractivity contribution >= 4 is 25.3 Å². The molecule has 0 saturated heterocycles. The quantitative estimate of drug-likeness (QED) is 0.156. The maximum atomic E-state index is 13.9. The van der Waals surface area contributed by atoms with E-state index in [2.05, 4.69) is 5.09 Å². The number of carbonyl (C=O) groups excluding carboxylic acids is 1. The SMILES string of the molecule is CC(C)OC(=O)[C@H](C)NP(=O)(OC[C@@H](O[C@H](CF)n1ccc(=O)[nH]c1=O)[C@@H](O)Cl)Oc1cccc(C2CCC2)c1. The number of hydrogen-bond acceptors (Lipinski definition) is 9. The Morgan fingerprint density at radius 3 is 2.58 bits per heavy atom. The van der Waals surface area contributed by atoms with Crippen LogP contribution in [0.1, 0.15) is 57.7 Å². The zero-order chi connectivity index (χ0) is 29.4. The van der Waals surface area contributed by atoms with Crippen molar-refractivity contribution in [3.05, 3.63) is 62.9 Å².